The maximum absolute atomic E-state index is 13.7. The van der Waals surface area contributed by atoms with E-state index in [0.29, 0.717) is 30.1 Å². The van der Waals surface area contributed by atoms with E-state index in [9.17, 15) is 13.6 Å². The quantitative estimate of drug-likeness (QED) is 0.381. The third-order valence-electron chi connectivity index (χ3n) is 7.65. The van der Waals surface area contributed by atoms with Crippen LogP contribution in [0.5, 0.6) is 0 Å². The van der Waals surface area contributed by atoms with E-state index >= 15 is 0 Å². The summed E-state index contributed by atoms with van der Waals surface area (Å²) in [6.45, 7) is 7.41. The molecule has 0 N–H and O–H groups in total. The highest BCUT2D eigenvalue weighted by Crippen LogP contribution is 2.35. The van der Waals surface area contributed by atoms with Crippen LogP contribution in [0.15, 0.2) is 53.3 Å². The van der Waals surface area contributed by atoms with Gasteiger partial charge in [-0.1, -0.05) is 29.5 Å². The molecule has 0 amide bonds. The summed E-state index contributed by atoms with van der Waals surface area (Å²) in [5, 5.41) is 8.39. The first-order chi connectivity index (χ1) is 19.2. The van der Waals surface area contributed by atoms with Gasteiger partial charge in [0.2, 0.25) is 0 Å². The van der Waals surface area contributed by atoms with Gasteiger partial charge in [-0.25, -0.2) is 18.3 Å². The highest BCUT2D eigenvalue weighted by molar-refractivity contribution is 5.83. The lowest BCUT2D eigenvalue weighted by Gasteiger charge is -2.48. The molecule has 0 aliphatic carbocycles. The Balaban J connectivity index is 0.000000582. The van der Waals surface area contributed by atoms with E-state index in [1.165, 1.54) is 41.7 Å². The van der Waals surface area contributed by atoms with Crippen molar-refractivity contribution in [3.8, 4) is 0 Å². The number of piperazine rings is 1. The van der Waals surface area contributed by atoms with Crippen LogP contribution in [0, 0.1) is 11.6 Å². The molecular weight excluding hydrogens is 516 g/mol. The lowest BCUT2D eigenvalue weighted by atomic mass is 9.93. The number of aryl methyl sites for hydroxylation is 2. The molecule has 2 fully saturated rings. The van der Waals surface area contributed by atoms with Crippen LogP contribution >= 0.6 is 0 Å². The van der Waals surface area contributed by atoms with E-state index in [-0.39, 0.29) is 35.4 Å². The fourth-order valence-corrected chi connectivity index (χ4v) is 5.57. The maximum Gasteiger partial charge on any atom is 0.351 e. The molecule has 9 nitrogen and oxygen atoms in total. The number of aromatic nitrogens is 5. The second kappa shape index (κ2) is 11.8. The zero-order chi connectivity index (χ0) is 28.4. The molecule has 2 aliphatic rings. The predicted molar refractivity (Wildman–Crippen MR) is 149 cm³/mol. The highest BCUT2D eigenvalue weighted by atomic mass is 19.1. The SMILES string of the molecule is C1CCOC1.C[C@@H]1CN(c2nc(=O)n(C)c3c2nnn3C)[C@@H](C)CN1C(c1ccc(F)cc1)c1ccc(F)cc1. The zero-order valence-electron chi connectivity index (χ0n) is 23.3. The van der Waals surface area contributed by atoms with E-state index in [4.69, 9.17) is 4.74 Å². The van der Waals surface area contributed by atoms with Crippen LogP contribution in [0.1, 0.15) is 43.9 Å². The Hall–Kier alpha value is -3.70. The van der Waals surface area contributed by atoms with Crippen molar-refractivity contribution < 1.29 is 13.5 Å². The van der Waals surface area contributed by atoms with Crippen LogP contribution in [0.25, 0.3) is 11.2 Å². The van der Waals surface area contributed by atoms with Crippen LogP contribution in [0.2, 0.25) is 0 Å². The zero-order valence-corrected chi connectivity index (χ0v) is 23.3. The molecule has 2 atom stereocenters. The first kappa shape index (κ1) is 27.9. The molecule has 40 heavy (non-hydrogen) atoms. The molecule has 2 saturated heterocycles. The first-order valence-corrected chi connectivity index (χ1v) is 13.6. The number of fused-ring (bicyclic) bond motifs is 1. The largest absolute Gasteiger partial charge is 0.381 e. The molecule has 0 radical (unpaired) electrons. The first-order valence-electron chi connectivity index (χ1n) is 13.6. The highest BCUT2D eigenvalue weighted by Gasteiger charge is 2.36. The van der Waals surface area contributed by atoms with Crippen molar-refractivity contribution in [2.24, 2.45) is 14.1 Å². The lowest BCUT2D eigenvalue weighted by molar-refractivity contribution is 0.129. The number of hydrogen-bond acceptors (Lipinski definition) is 7. The standard InChI is InChI=1S/C25H27F2N7O.C4H8O/c1-15-14-34(23-21-24(32(4)30-29-21)31(3)25(35)28-23)16(2)13-33(15)22(17-5-9-19(26)10-6-17)18-7-11-20(27)12-8-18;1-2-4-5-3-1/h5-12,15-16,22H,13-14H2,1-4H3;1-4H2/t15-,16+;/m1./s1. The number of rotatable bonds is 4. The molecule has 4 aromatic rings. The summed E-state index contributed by atoms with van der Waals surface area (Å²) in [6.07, 6.45) is 2.56. The summed E-state index contributed by atoms with van der Waals surface area (Å²) < 4.78 is 35.4. The van der Waals surface area contributed by atoms with E-state index < -0.39 is 0 Å². The van der Waals surface area contributed by atoms with Gasteiger partial charge in [-0.2, -0.15) is 4.98 Å². The summed E-state index contributed by atoms with van der Waals surface area (Å²) in [4.78, 5) is 21.4. The summed E-state index contributed by atoms with van der Waals surface area (Å²) in [6, 6.07) is 12.7. The minimum absolute atomic E-state index is 0.0144. The average Bonchev–Trinajstić information content (AvgIpc) is 3.65. The van der Waals surface area contributed by atoms with Gasteiger partial charge in [0, 0.05) is 52.5 Å². The predicted octanol–water partition coefficient (Wildman–Crippen LogP) is 3.83. The number of halogens is 2. The summed E-state index contributed by atoms with van der Waals surface area (Å²) in [5.74, 6) is -0.0829. The van der Waals surface area contributed by atoms with Gasteiger partial charge in [0.1, 0.15) is 11.6 Å². The molecule has 11 heteroatoms. The van der Waals surface area contributed by atoms with Crippen molar-refractivity contribution in [2.45, 2.75) is 44.8 Å². The number of anilines is 1. The van der Waals surface area contributed by atoms with Crippen molar-refractivity contribution in [3.63, 3.8) is 0 Å². The molecule has 2 aromatic carbocycles. The second-order valence-electron chi connectivity index (χ2n) is 10.5. The smallest absolute Gasteiger partial charge is 0.351 e. The second-order valence-corrected chi connectivity index (χ2v) is 10.5. The Kier molecular flexibility index (Phi) is 8.22. The molecule has 6 rings (SSSR count). The van der Waals surface area contributed by atoms with Crippen molar-refractivity contribution in [1.82, 2.24) is 29.4 Å². The van der Waals surface area contributed by atoms with E-state index in [1.54, 1.807) is 43.0 Å². The minimum Gasteiger partial charge on any atom is -0.381 e. The van der Waals surface area contributed by atoms with Crippen LogP contribution in [0.4, 0.5) is 14.6 Å². The van der Waals surface area contributed by atoms with Crippen LogP contribution < -0.4 is 10.6 Å². The van der Waals surface area contributed by atoms with Crippen molar-refractivity contribution in [1.29, 1.82) is 0 Å². The summed E-state index contributed by atoms with van der Waals surface area (Å²) in [7, 11) is 3.41. The normalized spacial score (nSPS) is 19.7. The Morgan fingerprint density at radius 3 is 1.98 bits per heavy atom. The third-order valence-corrected chi connectivity index (χ3v) is 7.65. The van der Waals surface area contributed by atoms with Crippen LogP contribution in [0.3, 0.4) is 0 Å². The Bertz CT molecular complexity index is 1450. The number of hydrogen-bond donors (Lipinski definition) is 0. The molecular formula is C29H35F2N7O2. The fraction of sp³-hybridized carbons (Fsp3) is 0.448. The average molecular weight is 552 g/mol. The third kappa shape index (κ3) is 5.62. The van der Waals surface area contributed by atoms with Gasteiger partial charge in [0.05, 0.1) is 6.04 Å². The summed E-state index contributed by atoms with van der Waals surface area (Å²) in [5.41, 5.74) is 2.67. The molecule has 0 saturated carbocycles. The topological polar surface area (TPSA) is 81.3 Å². The van der Waals surface area contributed by atoms with Crippen LogP contribution in [-0.4, -0.2) is 67.8 Å². The van der Waals surface area contributed by atoms with Crippen LogP contribution in [-0.2, 0) is 18.8 Å². The van der Waals surface area contributed by atoms with Gasteiger partial charge >= 0.3 is 5.69 Å². The molecule has 0 unspecified atom stereocenters. The van der Waals surface area contributed by atoms with Gasteiger partial charge in [-0.15, -0.1) is 5.10 Å². The molecule has 0 spiro atoms. The minimum atomic E-state index is -0.365. The molecule has 2 aromatic heterocycles. The van der Waals surface area contributed by atoms with E-state index in [2.05, 4.69) is 38.9 Å². The van der Waals surface area contributed by atoms with Gasteiger partial charge in [0.15, 0.2) is 17.0 Å². The number of benzene rings is 2. The Morgan fingerprint density at radius 1 is 0.875 bits per heavy atom. The van der Waals surface area contributed by atoms with Gasteiger partial charge in [0.25, 0.3) is 0 Å². The monoisotopic (exact) mass is 551 g/mol. The van der Waals surface area contributed by atoms with E-state index in [0.717, 1.165) is 24.3 Å². The van der Waals surface area contributed by atoms with Gasteiger partial charge < -0.3 is 9.64 Å². The maximum atomic E-state index is 13.7. The van der Waals surface area contributed by atoms with Crippen molar-refractivity contribution in [3.05, 3.63) is 81.8 Å². The number of ether oxygens (including phenoxy) is 1. The molecule has 4 heterocycles. The van der Waals surface area contributed by atoms with Crippen molar-refractivity contribution in [2.75, 3.05) is 31.2 Å². The molecule has 2 aliphatic heterocycles. The Labute approximate surface area is 232 Å². The molecule has 0 bridgehead atoms. The fourth-order valence-electron chi connectivity index (χ4n) is 5.57. The van der Waals surface area contributed by atoms with Gasteiger partial charge in [-0.3, -0.25) is 9.47 Å². The van der Waals surface area contributed by atoms with E-state index in [1.807, 2.05) is 0 Å². The van der Waals surface area contributed by atoms with Crippen molar-refractivity contribution >= 4 is 17.0 Å². The molecule has 212 valence electrons. The Morgan fingerprint density at radius 2 is 1.45 bits per heavy atom. The summed E-state index contributed by atoms with van der Waals surface area (Å²) >= 11 is 0. The number of nitrogens with zero attached hydrogens (tertiary/aromatic N) is 7. The van der Waals surface area contributed by atoms with Gasteiger partial charge in [-0.05, 0) is 62.1 Å². The lowest BCUT2D eigenvalue weighted by Crippen LogP contribution is -2.58.